The summed E-state index contributed by atoms with van der Waals surface area (Å²) < 4.78 is 4.53. The number of carbonyl (C=O) groups is 1. The molecule has 0 spiro atoms. The van der Waals surface area contributed by atoms with Gasteiger partial charge in [0.2, 0.25) is 0 Å². The predicted molar refractivity (Wildman–Crippen MR) is 34.7 cm³/mol. The molecule has 0 aromatic carbocycles. The molecular weight excluding hydrogens is 150 g/mol. The Bertz CT molecular complexity index is 150. The molecule has 0 amide bonds. The summed E-state index contributed by atoms with van der Waals surface area (Å²) in [5.41, 5.74) is 0. The number of cyclic esters (lactones) is 1. The summed E-state index contributed by atoms with van der Waals surface area (Å²) in [5, 5.41) is 18.3. The summed E-state index contributed by atoms with van der Waals surface area (Å²) in [5.74, 6) is -0.416. The molecule has 1 unspecified atom stereocenters. The van der Waals surface area contributed by atoms with Gasteiger partial charge in [0.25, 0.3) is 0 Å². The first-order chi connectivity index (χ1) is 5.25. The van der Waals surface area contributed by atoms with E-state index in [1.807, 2.05) is 0 Å². The lowest BCUT2D eigenvalue weighted by Crippen LogP contribution is -2.30. The zero-order valence-electron chi connectivity index (χ0n) is 6.06. The lowest BCUT2D eigenvalue weighted by atomic mass is 10.2. The van der Waals surface area contributed by atoms with Crippen LogP contribution in [-0.4, -0.2) is 40.7 Å². The van der Waals surface area contributed by atoms with Gasteiger partial charge in [0.05, 0.1) is 0 Å². The largest absolute Gasteiger partial charge is 0.446 e. The van der Waals surface area contributed by atoms with Gasteiger partial charge in [-0.05, 0) is 12.8 Å². The molecule has 1 atom stereocenters. The Morgan fingerprint density at radius 2 is 2.45 bits per heavy atom. The van der Waals surface area contributed by atoms with Crippen LogP contribution < -0.4 is 0 Å². The van der Waals surface area contributed by atoms with E-state index in [4.69, 9.17) is 10.3 Å². The summed E-state index contributed by atoms with van der Waals surface area (Å²) in [6.45, 7) is -0.0352. The maximum absolute atomic E-state index is 10.8. The number of nitrogens with zero attached hydrogens (tertiary/aromatic N) is 1. The van der Waals surface area contributed by atoms with Crippen molar-refractivity contribution < 1.29 is 19.8 Å². The van der Waals surface area contributed by atoms with E-state index >= 15 is 0 Å². The van der Waals surface area contributed by atoms with Gasteiger partial charge in [0, 0.05) is 6.61 Å². The highest BCUT2D eigenvalue weighted by Gasteiger charge is 2.32. The highest BCUT2D eigenvalue weighted by atomic mass is 16.6. The second-order valence-corrected chi connectivity index (χ2v) is 2.41. The minimum absolute atomic E-state index is 0.0254. The Morgan fingerprint density at radius 1 is 1.73 bits per heavy atom. The van der Waals surface area contributed by atoms with Crippen LogP contribution in [0.2, 0.25) is 0 Å². The van der Waals surface area contributed by atoms with Gasteiger partial charge in [0.15, 0.2) is 6.73 Å². The average Bonchev–Trinajstić information content (AvgIpc) is 2.29. The van der Waals surface area contributed by atoms with Crippen LogP contribution in [0.1, 0.15) is 12.8 Å². The molecule has 0 bridgehead atoms. The zero-order chi connectivity index (χ0) is 8.27. The average molecular weight is 161 g/mol. The third-order valence-electron chi connectivity index (χ3n) is 1.61. The first-order valence-corrected chi connectivity index (χ1v) is 3.48. The molecule has 1 fully saturated rings. The second-order valence-electron chi connectivity index (χ2n) is 2.41. The van der Waals surface area contributed by atoms with E-state index in [1.54, 1.807) is 0 Å². The van der Waals surface area contributed by atoms with Crippen molar-refractivity contribution in [2.45, 2.75) is 18.9 Å². The molecule has 1 rings (SSSR count). The molecule has 0 saturated carbocycles. The molecular formula is C6H11NO4. The fourth-order valence-corrected chi connectivity index (χ4v) is 0.989. The SMILES string of the molecule is O=C1OCN(O)C1CCCO. The number of carbonyl (C=O) groups excluding carboxylic acids is 1. The molecule has 1 aliphatic rings. The Kier molecular flexibility index (Phi) is 2.81. The first-order valence-electron chi connectivity index (χ1n) is 3.48. The number of rotatable bonds is 3. The maximum atomic E-state index is 10.8. The van der Waals surface area contributed by atoms with Crippen LogP contribution in [0.5, 0.6) is 0 Å². The first kappa shape index (κ1) is 8.45. The van der Waals surface area contributed by atoms with Crippen molar-refractivity contribution in [3.05, 3.63) is 0 Å². The van der Waals surface area contributed by atoms with Crippen molar-refractivity contribution in [2.24, 2.45) is 0 Å². The monoisotopic (exact) mass is 161 g/mol. The summed E-state index contributed by atoms with van der Waals surface area (Å²) in [7, 11) is 0. The topological polar surface area (TPSA) is 70.0 Å². The molecule has 11 heavy (non-hydrogen) atoms. The third kappa shape index (κ3) is 1.89. The van der Waals surface area contributed by atoms with Crippen molar-refractivity contribution in [1.82, 2.24) is 5.06 Å². The van der Waals surface area contributed by atoms with E-state index in [0.717, 1.165) is 5.06 Å². The number of hydroxylamine groups is 2. The molecule has 0 radical (unpaired) electrons. The minimum Gasteiger partial charge on any atom is -0.446 e. The summed E-state index contributed by atoms with van der Waals surface area (Å²) >= 11 is 0. The van der Waals surface area contributed by atoms with Crippen molar-refractivity contribution >= 4 is 5.97 Å². The smallest absolute Gasteiger partial charge is 0.327 e. The van der Waals surface area contributed by atoms with Gasteiger partial charge in [-0.2, -0.15) is 0 Å². The van der Waals surface area contributed by atoms with Crippen molar-refractivity contribution in [2.75, 3.05) is 13.3 Å². The number of hydrogen-bond donors (Lipinski definition) is 2. The van der Waals surface area contributed by atoms with Crippen LogP contribution >= 0.6 is 0 Å². The van der Waals surface area contributed by atoms with Gasteiger partial charge >= 0.3 is 5.97 Å². The molecule has 5 heteroatoms. The van der Waals surface area contributed by atoms with Crippen LogP contribution in [0, 0.1) is 0 Å². The molecule has 1 saturated heterocycles. The van der Waals surface area contributed by atoms with Gasteiger partial charge < -0.3 is 15.1 Å². The van der Waals surface area contributed by atoms with Gasteiger partial charge in [-0.1, -0.05) is 0 Å². The Balaban J connectivity index is 2.35. The molecule has 0 aromatic rings. The molecule has 1 aliphatic heterocycles. The van der Waals surface area contributed by atoms with Crippen molar-refractivity contribution in [3.63, 3.8) is 0 Å². The maximum Gasteiger partial charge on any atom is 0.327 e. The number of ether oxygens (including phenoxy) is 1. The van der Waals surface area contributed by atoms with Crippen LogP contribution in [-0.2, 0) is 9.53 Å². The molecule has 2 N–H and O–H groups in total. The van der Waals surface area contributed by atoms with Crippen LogP contribution in [0.4, 0.5) is 0 Å². The predicted octanol–water partition coefficient (Wildman–Crippen LogP) is -0.667. The third-order valence-corrected chi connectivity index (χ3v) is 1.61. The summed E-state index contributed by atoms with van der Waals surface area (Å²) in [4.78, 5) is 10.8. The van der Waals surface area contributed by atoms with Crippen LogP contribution in [0.3, 0.4) is 0 Å². The van der Waals surface area contributed by atoms with Crippen LogP contribution in [0.25, 0.3) is 0 Å². The second kappa shape index (κ2) is 3.66. The quantitative estimate of drug-likeness (QED) is 0.537. The van der Waals surface area contributed by atoms with E-state index in [1.165, 1.54) is 0 Å². The minimum atomic E-state index is -0.581. The van der Waals surface area contributed by atoms with E-state index in [0.29, 0.717) is 12.8 Å². The highest BCUT2D eigenvalue weighted by Crippen LogP contribution is 2.12. The van der Waals surface area contributed by atoms with Crippen LogP contribution in [0.15, 0.2) is 0 Å². The van der Waals surface area contributed by atoms with Gasteiger partial charge in [0.1, 0.15) is 6.04 Å². The fourth-order valence-electron chi connectivity index (χ4n) is 0.989. The lowest BCUT2D eigenvalue weighted by molar-refractivity contribution is -0.139. The van der Waals surface area contributed by atoms with Gasteiger partial charge in [-0.25, -0.2) is 0 Å². The molecule has 64 valence electrons. The normalized spacial score (nSPS) is 25.6. The Morgan fingerprint density at radius 3 is 2.91 bits per heavy atom. The molecule has 0 aliphatic carbocycles. The van der Waals surface area contributed by atoms with E-state index in [2.05, 4.69) is 4.74 Å². The fraction of sp³-hybridized carbons (Fsp3) is 0.833. The van der Waals surface area contributed by atoms with E-state index in [9.17, 15) is 4.79 Å². The molecule has 1 heterocycles. The summed E-state index contributed by atoms with van der Waals surface area (Å²) in [6, 6.07) is -0.581. The number of aliphatic hydroxyl groups excluding tert-OH is 1. The van der Waals surface area contributed by atoms with Crippen molar-refractivity contribution in [1.29, 1.82) is 0 Å². The standard InChI is InChI=1S/C6H11NO4/c8-3-1-2-5-6(9)11-4-7(5)10/h5,8,10H,1-4H2. The van der Waals surface area contributed by atoms with E-state index < -0.39 is 12.0 Å². The number of hydrogen-bond acceptors (Lipinski definition) is 5. The van der Waals surface area contributed by atoms with E-state index in [-0.39, 0.29) is 13.3 Å². The number of aliphatic hydroxyl groups is 1. The molecule has 0 aromatic heterocycles. The Labute approximate surface area is 64.1 Å². The van der Waals surface area contributed by atoms with Gasteiger partial charge in [-0.15, -0.1) is 5.06 Å². The Hall–Kier alpha value is -0.650. The molecule has 5 nitrogen and oxygen atoms in total. The zero-order valence-corrected chi connectivity index (χ0v) is 6.06. The number of esters is 1. The summed E-state index contributed by atoms with van der Waals surface area (Å²) in [6.07, 6.45) is 0.933. The highest BCUT2D eigenvalue weighted by molar-refractivity contribution is 5.76. The van der Waals surface area contributed by atoms with Crippen molar-refractivity contribution in [3.8, 4) is 0 Å². The lowest BCUT2D eigenvalue weighted by Gasteiger charge is -2.10. The van der Waals surface area contributed by atoms with Gasteiger partial charge in [-0.3, -0.25) is 4.79 Å².